The molecule has 1 N–H and O–H groups in total. The average Bonchev–Trinajstić information content (AvgIpc) is 3.12. The SMILES string of the molecule is CC(C)(C)OC(=O)N1CCC(N2CC3(CN(c4ccc5c(c4)CN(C4CCC(=O)NC4=O)C5=O)C3)C2)CC1. The van der Waals surface area contributed by atoms with E-state index in [4.69, 9.17) is 4.74 Å². The first-order chi connectivity index (χ1) is 18.0. The molecule has 38 heavy (non-hydrogen) atoms. The van der Waals surface area contributed by atoms with Crippen molar-refractivity contribution in [2.45, 2.75) is 70.7 Å². The van der Waals surface area contributed by atoms with Crippen LogP contribution in [0.25, 0.3) is 0 Å². The van der Waals surface area contributed by atoms with E-state index < -0.39 is 11.6 Å². The highest BCUT2D eigenvalue weighted by atomic mass is 16.6. The van der Waals surface area contributed by atoms with Crippen molar-refractivity contribution in [1.82, 2.24) is 20.0 Å². The molecule has 5 heterocycles. The maximum Gasteiger partial charge on any atom is 0.410 e. The quantitative estimate of drug-likeness (QED) is 0.605. The third-order valence-corrected chi connectivity index (χ3v) is 8.63. The fourth-order valence-corrected chi connectivity index (χ4v) is 6.72. The van der Waals surface area contributed by atoms with Gasteiger partial charge in [0.15, 0.2) is 0 Å². The standard InChI is InChI=1S/C28H37N5O5/c1-27(2,3)38-26(37)30-10-8-19(9-11-30)31-14-28(15-31)16-32(17-28)20-4-5-21-18(12-20)13-33(25(21)36)22-6-7-23(34)29-24(22)35/h4-5,12,19,22H,6-11,13-17H2,1-3H3,(H,29,34,35). The molecule has 0 bridgehead atoms. The zero-order chi connectivity index (χ0) is 26.8. The lowest BCUT2D eigenvalue weighted by atomic mass is 9.71. The van der Waals surface area contributed by atoms with E-state index in [-0.39, 0.29) is 30.2 Å². The lowest BCUT2D eigenvalue weighted by Crippen LogP contribution is -2.74. The number of hydrogen-bond acceptors (Lipinski definition) is 7. The molecule has 1 spiro atoms. The molecule has 4 amide bonds. The van der Waals surface area contributed by atoms with Gasteiger partial charge < -0.3 is 19.4 Å². The Bertz CT molecular complexity index is 1170. The molecule has 4 fully saturated rings. The van der Waals surface area contributed by atoms with Crippen molar-refractivity contribution in [3.05, 3.63) is 29.3 Å². The van der Waals surface area contributed by atoms with Gasteiger partial charge in [-0.05, 0) is 63.8 Å². The second kappa shape index (κ2) is 8.97. The van der Waals surface area contributed by atoms with Crippen molar-refractivity contribution >= 4 is 29.5 Å². The zero-order valence-corrected chi connectivity index (χ0v) is 22.5. The van der Waals surface area contributed by atoms with Gasteiger partial charge in [0.25, 0.3) is 5.91 Å². The van der Waals surface area contributed by atoms with Gasteiger partial charge in [0.2, 0.25) is 11.8 Å². The number of ether oxygens (including phenoxy) is 1. The summed E-state index contributed by atoms with van der Waals surface area (Å²) in [6, 6.07) is 5.93. The van der Waals surface area contributed by atoms with E-state index in [2.05, 4.69) is 21.2 Å². The molecular formula is C28H37N5O5. The summed E-state index contributed by atoms with van der Waals surface area (Å²) in [5, 5.41) is 2.36. The van der Waals surface area contributed by atoms with Crippen molar-refractivity contribution in [3.8, 4) is 0 Å². The molecule has 0 aromatic heterocycles. The van der Waals surface area contributed by atoms with Crippen molar-refractivity contribution in [2.24, 2.45) is 5.41 Å². The van der Waals surface area contributed by atoms with Gasteiger partial charge in [-0.2, -0.15) is 0 Å². The van der Waals surface area contributed by atoms with E-state index in [1.807, 2.05) is 37.8 Å². The normalized spacial score (nSPS) is 25.7. The minimum atomic E-state index is -0.583. The van der Waals surface area contributed by atoms with Crippen LogP contribution in [0.2, 0.25) is 0 Å². The minimum absolute atomic E-state index is 0.131. The molecular weight excluding hydrogens is 486 g/mol. The second-order valence-corrected chi connectivity index (χ2v) is 12.7. The van der Waals surface area contributed by atoms with Crippen LogP contribution >= 0.6 is 0 Å². The maximum absolute atomic E-state index is 13.0. The molecule has 0 saturated carbocycles. The van der Waals surface area contributed by atoms with E-state index in [0.717, 1.165) is 63.4 Å². The summed E-state index contributed by atoms with van der Waals surface area (Å²) in [4.78, 5) is 57.5. The third kappa shape index (κ3) is 4.52. The van der Waals surface area contributed by atoms with E-state index in [1.54, 1.807) is 4.90 Å². The molecule has 204 valence electrons. The number of anilines is 1. The van der Waals surface area contributed by atoms with Crippen LogP contribution in [-0.2, 0) is 20.9 Å². The highest BCUT2D eigenvalue weighted by Gasteiger charge is 2.53. The summed E-state index contributed by atoms with van der Waals surface area (Å²) in [5.41, 5.74) is 2.59. The molecule has 1 unspecified atom stereocenters. The van der Waals surface area contributed by atoms with Crippen LogP contribution in [0.15, 0.2) is 18.2 Å². The first-order valence-electron chi connectivity index (χ1n) is 13.7. The molecule has 1 atom stereocenters. The molecule has 1 aromatic carbocycles. The Morgan fingerprint density at radius 2 is 1.74 bits per heavy atom. The molecule has 6 rings (SSSR count). The van der Waals surface area contributed by atoms with Crippen molar-refractivity contribution in [3.63, 3.8) is 0 Å². The van der Waals surface area contributed by atoms with Crippen LogP contribution in [0.5, 0.6) is 0 Å². The zero-order valence-electron chi connectivity index (χ0n) is 22.5. The van der Waals surface area contributed by atoms with Crippen molar-refractivity contribution < 1.29 is 23.9 Å². The lowest BCUT2D eigenvalue weighted by molar-refractivity contribution is -0.136. The Hall–Kier alpha value is -3.14. The summed E-state index contributed by atoms with van der Waals surface area (Å²) >= 11 is 0. The van der Waals surface area contributed by atoms with Gasteiger partial charge in [-0.3, -0.25) is 24.6 Å². The Morgan fingerprint density at radius 3 is 2.39 bits per heavy atom. The maximum atomic E-state index is 13.0. The van der Waals surface area contributed by atoms with E-state index in [9.17, 15) is 19.2 Å². The number of likely N-dealkylation sites (tertiary alicyclic amines) is 2. The van der Waals surface area contributed by atoms with Crippen LogP contribution < -0.4 is 10.2 Å². The number of nitrogens with one attached hydrogen (secondary N) is 1. The number of fused-ring (bicyclic) bond motifs is 1. The van der Waals surface area contributed by atoms with Gasteiger partial charge in [0.05, 0.1) is 0 Å². The summed E-state index contributed by atoms with van der Waals surface area (Å²) in [6.07, 6.45) is 2.41. The highest BCUT2D eigenvalue weighted by molar-refractivity contribution is 6.05. The fraction of sp³-hybridized carbons (Fsp3) is 0.643. The van der Waals surface area contributed by atoms with Crippen molar-refractivity contribution in [2.75, 3.05) is 44.2 Å². The predicted octanol–water partition coefficient (Wildman–Crippen LogP) is 1.97. The van der Waals surface area contributed by atoms with E-state index >= 15 is 0 Å². The summed E-state index contributed by atoms with van der Waals surface area (Å²) in [7, 11) is 0. The topological polar surface area (TPSA) is 102 Å². The monoisotopic (exact) mass is 523 g/mol. The number of carbonyl (C=O) groups is 4. The fourth-order valence-electron chi connectivity index (χ4n) is 6.72. The van der Waals surface area contributed by atoms with E-state index in [0.29, 0.717) is 30.0 Å². The molecule has 10 nitrogen and oxygen atoms in total. The predicted molar refractivity (Wildman–Crippen MR) is 140 cm³/mol. The van der Waals surface area contributed by atoms with Gasteiger partial charge >= 0.3 is 6.09 Å². The second-order valence-electron chi connectivity index (χ2n) is 12.7. The molecule has 0 radical (unpaired) electrons. The molecule has 5 aliphatic heterocycles. The summed E-state index contributed by atoms with van der Waals surface area (Å²) in [5.74, 6) is -0.781. The molecule has 5 aliphatic rings. The van der Waals surface area contributed by atoms with Crippen LogP contribution in [0.3, 0.4) is 0 Å². The van der Waals surface area contributed by atoms with Gasteiger partial charge in [-0.1, -0.05) is 0 Å². The largest absolute Gasteiger partial charge is 0.444 e. The van der Waals surface area contributed by atoms with Gasteiger partial charge in [0, 0.05) is 74.9 Å². The van der Waals surface area contributed by atoms with Crippen LogP contribution in [0.1, 0.15) is 62.4 Å². The van der Waals surface area contributed by atoms with Gasteiger partial charge in [-0.25, -0.2) is 4.79 Å². The third-order valence-electron chi connectivity index (χ3n) is 8.63. The lowest BCUT2D eigenvalue weighted by Gasteiger charge is -2.63. The number of rotatable bonds is 3. The molecule has 10 heteroatoms. The minimum Gasteiger partial charge on any atom is -0.444 e. The van der Waals surface area contributed by atoms with Crippen LogP contribution in [-0.4, -0.2) is 95.5 Å². The molecule has 1 aromatic rings. The number of benzene rings is 1. The smallest absolute Gasteiger partial charge is 0.410 e. The number of amides is 4. The first-order valence-corrected chi connectivity index (χ1v) is 13.7. The molecule has 4 saturated heterocycles. The number of carbonyl (C=O) groups excluding carboxylic acids is 4. The molecule has 0 aliphatic carbocycles. The first kappa shape index (κ1) is 25.2. The van der Waals surface area contributed by atoms with Crippen LogP contribution in [0.4, 0.5) is 10.5 Å². The van der Waals surface area contributed by atoms with E-state index in [1.165, 1.54) is 0 Å². The number of imide groups is 1. The highest BCUT2D eigenvalue weighted by Crippen LogP contribution is 2.44. The number of piperidine rings is 2. The Labute approximate surface area is 223 Å². The Kier molecular flexibility index (Phi) is 5.93. The summed E-state index contributed by atoms with van der Waals surface area (Å²) in [6.45, 7) is 11.8. The average molecular weight is 524 g/mol. The summed E-state index contributed by atoms with van der Waals surface area (Å²) < 4.78 is 5.52. The number of nitrogens with zero attached hydrogens (tertiary/aromatic N) is 4. The van der Waals surface area contributed by atoms with Crippen molar-refractivity contribution in [1.29, 1.82) is 0 Å². The van der Waals surface area contributed by atoms with Gasteiger partial charge in [-0.15, -0.1) is 0 Å². The van der Waals surface area contributed by atoms with Gasteiger partial charge in [0.1, 0.15) is 11.6 Å². The Balaban J connectivity index is 0.992. The number of hydrogen-bond donors (Lipinski definition) is 1. The Morgan fingerprint density at radius 1 is 1.03 bits per heavy atom. The van der Waals surface area contributed by atoms with Crippen LogP contribution in [0, 0.1) is 5.41 Å².